The van der Waals surface area contributed by atoms with E-state index < -0.39 is 5.60 Å². The predicted octanol–water partition coefficient (Wildman–Crippen LogP) is 3.82. The molecule has 106 valence electrons. The van der Waals surface area contributed by atoms with E-state index in [1.807, 2.05) is 20.8 Å². The minimum Gasteiger partial charge on any atom is -0.459 e. The van der Waals surface area contributed by atoms with E-state index >= 15 is 0 Å². The number of carbonyl (C=O) groups excluding carboxylic acids is 1. The van der Waals surface area contributed by atoms with Gasteiger partial charge in [0.1, 0.15) is 11.6 Å². The summed E-state index contributed by atoms with van der Waals surface area (Å²) < 4.78 is 6.64. The molecular weight excluding hydrogens is 326 g/mol. The molecule has 0 N–H and O–H groups in total. The lowest BCUT2D eigenvalue weighted by Gasteiger charge is -2.27. The number of likely N-dealkylation sites (tertiary alicyclic amines) is 1. The molecule has 0 saturated carbocycles. The Morgan fingerprint density at radius 3 is 2.89 bits per heavy atom. The first kappa shape index (κ1) is 15.0. The number of ether oxygens (including phenoxy) is 1. The summed E-state index contributed by atoms with van der Waals surface area (Å²) in [6, 6.07) is 2.03. The summed E-state index contributed by atoms with van der Waals surface area (Å²) in [5, 5.41) is 2.13. The zero-order valence-corrected chi connectivity index (χ0v) is 14.0. The maximum atomic E-state index is 12.2. The molecule has 2 heterocycles. The maximum Gasteiger partial charge on any atom is 0.323 e. The Hall–Kier alpha value is -0.390. The molecule has 0 bridgehead atoms. The Labute approximate surface area is 127 Å². The van der Waals surface area contributed by atoms with E-state index in [1.165, 1.54) is 5.56 Å². The van der Waals surface area contributed by atoms with Crippen LogP contribution in [0.4, 0.5) is 0 Å². The number of hydrogen-bond donors (Lipinski definition) is 0. The van der Waals surface area contributed by atoms with Crippen molar-refractivity contribution in [3.8, 4) is 0 Å². The third-order valence-corrected chi connectivity index (χ3v) is 4.60. The highest BCUT2D eigenvalue weighted by atomic mass is 79.9. The van der Waals surface area contributed by atoms with E-state index in [2.05, 4.69) is 32.3 Å². The normalized spacial score (nSPS) is 20.7. The molecule has 1 saturated heterocycles. The van der Waals surface area contributed by atoms with Gasteiger partial charge in [0.15, 0.2) is 0 Å². The van der Waals surface area contributed by atoms with Crippen LogP contribution in [-0.4, -0.2) is 29.1 Å². The fourth-order valence-corrected chi connectivity index (χ4v) is 3.52. The highest BCUT2D eigenvalue weighted by Crippen LogP contribution is 2.26. The van der Waals surface area contributed by atoms with Crippen molar-refractivity contribution in [3.05, 3.63) is 20.8 Å². The third-order valence-electron chi connectivity index (χ3n) is 3.05. The molecular formula is C14H20BrNO2S. The molecule has 0 spiro atoms. The highest BCUT2D eigenvalue weighted by molar-refractivity contribution is 9.11. The minimum absolute atomic E-state index is 0.0840. The first-order valence-corrected chi connectivity index (χ1v) is 8.22. The molecule has 1 aliphatic heterocycles. The lowest BCUT2D eigenvalue weighted by Crippen LogP contribution is -2.40. The lowest BCUT2D eigenvalue weighted by atomic mass is 10.1. The largest absolute Gasteiger partial charge is 0.459 e. The van der Waals surface area contributed by atoms with Gasteiger partial charge < -0.3 is 4.74 Å². The molecule has 5 heteroatoms. The van der Waals surface area contributed by atoms with Gasteiger partial charge >= 0.3 is 5.97 Å². The van der Waals surface area contributed by atoms with Crippen LogP contribution in [0.3, 0.4) is 0 Å². The van der Waals surface area contributed by atoms with Gasteiger partial charge in [0.2, 0.25) is 0 Å². The van der Waals surface area contributed by atoms with Crippen molar-refractivity contribution >= 4 is 33.2 Å². The van der Waals surface area contributed by atoms with Crippen LogP contribution in [0.2, 0.25) is 0 Å². The fourth-order valence-electron chi connectivity index (χ4n) is 2.32. The number of rotatable bonds is 3. The molecule has 1 fully saturated rings. The summed E-state index contributed by atoms with van der Waals surface area (Å²) in [6.45, 7) is 7.55. The van der Waals surface area contributed by atoms with Gasteiger partial charge in [-0.05, 0) is 73.1 Å². The summed E-state index contributed by atoms with van der Waals surface area (Å²) in [4.78, 5) is 14.4. The number of halogens is 1. The van der Waals surface area contributed by atoms with Crippen LogP contribution in [0.5, 0.6) is 0 Å². The number of hydrogen-bond acceptors (Lipinski definition) is 4. The Kier molecular flexibility index (Phi) is 4.69. The van der Waals surface area contributed by atoms with Crippen molar-refractivity contribution in [2.45, 2.75) is 51.8 Å². The highest BCUT2D eigenvalue weighted by Gasteiger charge is 2.33. The van der Waals surface area contributed by atoms with E-state index in [0.29, 0.717) is 0 Å². The van der Waals surface area contributed by atoms with Crippen LogP contribution in [0.15, 0.2) is 15.2 Å². The second-order valence-electron chi connectivity index (χ2n) is 5.92. The van der Waals surface area contributed by atoms with E-state index in [4.69, 9.17) is 4.74 Å². The minimum atomic E-state index is -0.406. The van der Waals surface area contributed by atoms with Crippen LogP contribution in [-0.2, 0) is 16.1 Å². The molecule has 0 radical (unpaired) electrons. The lowest BCUT2D eigenvalue weighted by molar-refractivity contribution is -0.160. The van der Waals surface area contributed by atoms with Crippen molar-refractivity contribution in [2.75, 3.05) is 6.54 Å². The first-order chi connectivity index (χ1) is 8.85. The summed E-state index contributed by atoms with van der Waals surface area (Å²) in [5.41, 5.74) is 0.851. The van der Waals surface area contributed by atoms with E-state index in [1.54, 1.807) is 11.3 Å². The van der Waals surface area contributed by atoms with E-state index in [-0.39, 0.29) is 12.0 Å². The second kappa shape index (κ2) is 5.94. The molecule has 1 aliphatic rings. The van der Waals surface area contributed by atoms with Gasteiger partial charge in [0, 0.05) is 6.54 Å². The molecule has 0 amide bonds. The summed E-state index contributed by atoms with van der Waals surface area (Å²) in [6.07, 6.45) is 1.97. The van der Waals surface area contributed by atoms with Crippen LogP contribution in [0, 0.1) is 0 Å². The predicted molar refractivity (Wildman–Crippen MR) is 81.3 cm³/mol. The molecule has 1 aromatic heterocycles. The zero-order valence-electron chi connectivity index (χ0n) is 11.6. The number of esters is 1. The number of carbonyl (C=O) groups is 1. The Bertz CT molecular complexity index is 453. The van der Waals surface area contributed by atoms with Crippen LogP contribution in [0.1, 0.15) is 39.2 Å². The van der Waals surface area contributed by atoms with Crippen molar-refractivity contribution in [1.29, 1.82) is 0 Å². The summed E-state index contributed by atoms with van der Waals surface area (Å²) in [5.74, 6) is -0.0840. The Morgan fingerprint density at radius 2 is 2.32 bits per heavy atom. The topological polar surface area (TPSA) is 29.5 Å². The van der Waals surface area contributed by atoms with Gasteiger partial charge in [-0.2, -0.15) is 0 Å². The van der Waals surface area contributed by atoms with Crippen molar-refractivity contribution < 1.29 is 9.53 Å². The number of nitrogens with zero attached hydrogens (tertiary/aromatic N) is 1. The second-order valence-corrected chi connectivity index (χ2v) is 8.21. The standard InChI is InChI=1S/C14H20BrNO2S/c1-14(2,3)18-13(17)11-5-4-6-16(11)8-10-7-12(15)19-9-10/h7,9,11H,4-6,8H2,1-3H3/t11-/m0/s1. The molecule has 0 unspecified atom stereocenters. The molecule has 0 aliphatic carbocycles. The summed E-state index contributed by atoms with van der Waals surface area (Å²) in [7, 11) is 0. The Balaban J connectivity index is 1.98. The molecule has 1 aromatic rings. The third kappa shape index (κ3) is 4.29. The average Bonchev–Trinajstić information content (AvgIpc) is 2.86. The molecule has 1 atom stereocenters. The van der Waals surface area contributed by atoms with E-state index in [0.717, 1.165) is 29.7 Å². The van der Waals surface area contributed by atoms with Gasteiger partial charge in [-0.3, -0.25) is 9.69 Å². The maximum absolute atomic E-state index is 12.2. The van der Waals surface area contributed by atoms with Crippen molar-refractivity contribution in [2.24, 2.45) is 0 Å². The smallest absolute Gasteiger partial charge is 0.323 e. The quantitative estimate of drug-likeness (QED) is 0.780. The molecule has 3 nitrogen and oxygen atoms in total. The number of thiophene rings is 1. The van der Waals surface area contributed by atoms with Crippen LogP contribution < -0.4 is 0 Å². The summed E-state index contributed by atoms with van der Waals surface area (Å²) >= 11 is 5.15. The molecule has 0 aromatic carbocycles. The fraction of sp³-hybridized carbons (Fsp3) is 0.643. The SMILES string of the molecule is CC(C)(C)OC(=O)[C@@H]1CCCN1Cc1csc(Br)c1. The van der Waals surface area contributed by atoms with Gasteiger partial charge in [-0.15, -0.1) is 11.3 Å². The van der Waals surface area contributed by atoms with Gasteiger partial charge in [0.05, 0.1) is 3.79 Å². The zero-order chi connectivity index (χ0) is 14.0. The van der Waals surface area contributed by atoms with Crippen molar-refractivity contribution in [3.63, 3.8) is 0 Å². The van der Waals surface area contributed by atoms with Gasteiger partial charge in [0.25, 0.3) is 0 Å². The van der Waals surface area contributed by atoms with Gasteiger partial charge in [-0.1, -0.05) is 0 Å². The Morgan fingerprint density at radius 1 is 1.58 bits per heavy atom. The van der Waals surface area contributed by atoms with Crippen LogP contribution >= 0.6 is 27.3 Å². The molecule has 19 heavy (non-hydrogen) atoms. The first-order valence-electron chi connectivity index (χ1n) is 6.55. The molecule has 2 rings (SSSR count). The monoisotopic (exact) mass is 345 g/mol. The van der Waals surface area contributed by atoms with Gasteiger partial charge in [-0.25, -0.2) is 0 Å². The van der Waals surface area contributed by atoms with E-state index in [9.17, 15) is 4.79 Å². The van der Waals surface area contributed by atoms with Crippen LogP contribution in [0.25, 0.3) is 0 Å². The average molecular weight is 346 g/mol. The van der Waals surface area contributed by atoms with Crippen molar-refractivity contribution in [1.82, 2.24) is 4.90 Å².